The predicted molar refractivity (Wildman–Crippen MR) is 120 cm³/mol. The first-order chi connectivity index (χ1) is 14.5. The molecule has 2 N–H and O–H groups in total. The number of amides is 1. The molecule has 0 spiro atoms. The lowest BCUT2D eigenvalue weighted by molar-refractivity contribution is 0.100. The Balaban J connectivity index is 1.83. The van der Waals surface area contributed by atoms with E-state index in [1.165, 1.54) is 16.7 Å². The number of carbonyl (C=O) groups is 1. The number of rotatable bonds is 4. The molecule has 1 amide bonds. The summed E-state index contributed by atoms with van der Waals surface area (Å²) in [6.07, 6.45) is 1.66. The van der Waals surface area contributed by atoms with Gasteiger partial charge in [-0.15, -0.1) is 0 Å². The summed E-state index contributed by atoms with van der Waals surface area (Å²) in [5, 5.41) is 1.73. The van der Waals surface area contributed by atoms with Gasteiger partial charge in [-0.1, -0.05) is 29.8 Å². The quantitative estimate of drug-likeness (QED) is 0.431. The number of benzene rings is 3. The van der Waals surface area contributed by atoms with Gasteiger partial charge in [-0.05, 0) is 67.4 Å². The number of carbonyl (C=O) groups excluding carboxylic acids is 1. The van der Waals surface area contributed by atoms with Gasteiger partial charge >= 0.3 is 0 Å². The second-order valence-electron chi connectivity index (χ2n) is 7.71. The molecule has 1 radical (unpaired) electrons. The highest BCUT2D eigenvalue weighted by atomic mass is 16.3. The zero-order valence-corrected chi connectivity index (χ0v) is 16.9. The summed E-state index contributed by atoms with van der Waals surface area (Å²) in [5.74, 6) is 0.349. The molecule has 0 unspecified atom stereocenters. The summed E-state index contributed by atoms with van der Waals surface area (Å²) in [6.45, 7) is 4.91. The molecule has 0 saturated heterocycles. The predicted octanol–water partition coefficient (Wildman–Crippen LogP) is 5.62. The molecule has 0 aliphatic carbocycles. The van der Waals surface area contributed by atoms with Crippen molar-refractivity contribution in [2.75, 3.05) is 0 Å². The average molecular weight is 393 g/mol. The van der Waals surface area contributed by atoms with Gasteiger partial charge in [-0.3, -0.25) is 4.79 Å². The van der Waals surface area contributed by atoms with Crippen LogP contribution in [0.25, 0.3) is 33.1 Å². The summed E-state index contributed by atoms with van der Waals surface area (Å²) in [6, 6.07) is 23.4. The fraction of sp³-hybridized carbons (Fsp3) is 0.115. The average Bonchev–Trinajstić information content (AvgIpc) is 3.37. The van der Waals surface area contributed by atoms with E-state index in [2.05, 4.69) is 48.7 Å². The van der Waals surface area contributed by atoms with Gasteiger partial charge in [0.25, 0.3) is 0 Å². The highest BCUT2D eigenvalue weighted by Gasteiger charge is 2.18. The Hall–Kier alpha value is -3.79. The van der Waals surface area contributed by atoms with E-state index < -0.39 is 5.91 Å². The molecule has 0 aliphatic heterocycles. The van der Waals surface area contributed by atoms with Crippen molar-refractivity contribution in [2.45, 2.75) is 20.4 Å². The lowest BCUT2D eigenvalue weighted by atomic mass is 10.0. The molecule has 2 heterocycles. The van der Waals surface area contributed by atoms with Crippen LogP contribution < -0.4 is 5.73 Å². The zero-order chi connectivity index (χ0) is 20.8. The van der Waals surface area contributed by atoms with Crippen LogP contribution in [0.15, 0.2) is 71.3 Å². The lowest BCUT2D eigenvalue weighted by Gasteiger charge is -2.12. The minimum atomic E-state index is -0.435. The van der Waals surface area contributed by atoms with Crippen LogP contribution in [0, 0.1) is 19.9 Å². The van der Waals surface area contributed by atoms with Crippen LogP contribution in [0.5, 0.6) is 0 Å². The van der Waals surface area contributed by atoms with Crippen molar-refractivity contribution in [3.05, 3.63) is 95.2 Å². The molecule has 0 atom stereocenters. The van der Waals surface area contributed by atoms with Crippen molar-refractivity contribution < 1.29 is 9.21 Å². The van der Waals surface area contributed by atoms with Gasteiger partial charge in [0.1, 0.15) is 5.76 Å². The number of hydrogen-bond donors (Lipinski definition) is 1. The van der Waals surface area contributed by atoms with Crippen LogP contribution >= 0.6 is 0 Å². The molecule has 0 saturated carbocycles. The molecule has 4 nitrogen and oxygen atoms in total. The number of aromatic nitrogens is 1. The first kappa shape index (κ1) is 18.3. The number of nitrogens with two attached hydrogens (primary N) is 1. The van der Waals surface area contributed by atoms with E-state index in [1.807, 2.05) is 30.3 Å². The number of furan rings is 1. The van der Waals surface area contributed by atoms with Crippen molar-refractivity contribution in [3.8, 4) is 11.3 Å². The van der Waals surface area contributed by atoms with Gasteiger partial charge in [0.15, 0.2) is 0 Å². The Morgan fingerprint density at radius 2 is 1.93 bits per heavy atom. The Morgan fingerprint density at radius 1 is 1.07 bits per heavy atom. The standard InChI is InChI=1S/C26H21N2O2/c1-16-8-9-17(2)19(13-16)15-28-22-6-3-5-21(26(27)29)25(22)20-11-10-18(14-23(20)28)24-7-4-12-30-24/h3-10,12-14H,15H2,1-2H3,(H2,27,29). The number of hydrogen-bond acceptors (Lipinski definition) is 2. The van der Waals surface area contributed by atoms with Gasteiger partial charge in [0, 0.05) is 28.4 Å². The normalized spacial score (nSPS) is 11.4. The van der Waals surface area contributed by atoms with E-state index in [0.29, 0.717) is 12.1 Å². The van der Waals surface area contributed by atoms with Gasteiger partial charge in [-0.25, -0.2) is 0 Å². The molecule has 0 bridgehead atoms. The van der Waals surface area contributed by atoms with E-state index in [9.17, 15) is 4.79 Å². The maximum absolute atomic E-state index is 12.2. The number of aryl methyl sites for hydroxylation is 2. The van der Waals surface area contributed by atoms with E-state index in [0.717, 1.165) is 33.1 Å². The zero-order valence-electron chi connectivity index (χ0n) is 16.9. The molecule has 2 aromatic heterocycles. The topological polar surface area (TPSA) is 61.2 Å². The van der Waals surface area contributed by atoms with Gasteiger partial charge in [-0.2, -0.15) is 0 Å². The maximum Gasteiger partial charge on any atom is 0.249 e. The minimum Gasteiger partial charge on any atom is -0.464 e. The van der Waals surface area contributed by atoms with Crippen molar-refractivity contribution in [1.82, 2.24) is 4.57 Å². The second kappa shape index (κ2) is 6.92. The monoisotopic (exact) mass is 393 g/mol. The Morgan fingerprint density at radius 3 is 2.70 bits per heavy atom. The SMILES string of the molecule is Cc1ccc(C)c(Cn2c3cc(-c4ccco4)c[c]c3c3c(C(N)=O)cccc32)c1. The van der Waals surface area contributed by atoms with Crippen LogP contribution in [-0.4, -0.2) is 10.5 Å². The number of nitrogens with zero attached hydrogens (tertiary/aromatic N) is 1. The van der Waals surface area contributed by atoms with E-state index in [4.69, 9.17) is 10.2 Å². The molecule has 4 heteroatoms. The van der Waals surface area contributed by atoms with Gasteiger partial charge in [0.05, 0.1) is 17.3 Å². The first-order valence-electron chi connectivity index (χ1n) is 9.89. The van der Waals surface area contributed by atoms with Crippen LogP contribution in [0.1, 0.15) is 27.0 Å². The van der Waals surface area contributed by atoms with Crippen LogP contribution in [0.3, 0.4) is 0 Å². The molecular weight excluding hydrogens is 372 g/mol. The molecule has 147 valence electrons. The minimum absolute atomic E-state index is 0.435. The van der Waals surface area contributed by atoms with E-state index in [-0.39, 0.29) is 0 Å². The Labute approximate surface area is 174 Å². The van der Waals surface area contributed by atoms with Crippen molar-refractivity contribution in [1.29, 1.82) is 0 Å². The van der Waals surface area contributed by atoms with Crippen molar-refractivity contribution in [3.63, 3.8) is 0 Å². The fourth-order valence-electron chi connectivity index (χ4n) is 4.16. The van der Waals surface area contributed by atoms with Gasteiger partial charge < -0.3 is 14.7 Å². The summed E-state index contributed by atoms with van der Waals surface area (Å²) < 4.78 is 7.83. The van der Waals surface area contributed by atoms with Gasteiger partial charge in [0.2, 0.25) is 5.91 Å². The summed E-state index contributed by atoms with van der Waals surface area (Å²) in [5.41, 5.74) is 12.8. The maximum atomic E-state index is 12.2. The number of primary amides is 1. The number of fused-ring (bicyclic) bond motifs is 3. The molecule has 5 aromatic rings. The Bertz CT molecular complexity index is 1410. The van der Waals surface area contributed by atoms with Crippen LogP contribution in [0.2, 0.25) is 0 Å². The molecule has 0 aliphatic rings. The molecule has 0 fully saturated rings. The third kappa shape index (κ3) is 2.89. The second-order valence-corrected chi connectivity index (χ2v) is 7.71. The molecule has 30 heavy (non-hydrogen) atoms. The summed E-state index contributed by atoms with van der Waals surface area (Å²) in [4.78, 5) is 12.2. The molecular formula is C26H21N2O2. The van der Waals surface area contributed by atoms with E-state index >= 15 is 0 Å². The molecule has 3 aromatic carbocycles. The first-order valence-corrected chi connectivity index (χ1v) is 9.89. The third-order valence-corrected chi connectivity index (χ3v) is 5.70. The smallest absolute Gasteiger partial charge is 0.249 e. The third-order valence-electron chi connectivity index (χ3n) is 5.70. The fourth-order valence-corrected chi connectivity index (χ4v) is 4.16. The Kier molecular flexibility index (Phi) is 4.21. The summed E-state index contributed by atoms with van der Waals surface area (Å²) >= 11 is 0. The van der Waals surface area contributed by atoms with Crippen LogP contribution in [-0.2, 0) is 6.54 Å². The summed E-state index contributed by atoms with van der Waals surface area (Å²) in [7, 11) is 0. The highest BCUT2D eigenvalue weighted by Crippen LogP contribution is 2.35. The highest BCUT2D eigenvalue weighted by molar-refractivity contribution is 6.18. The largest absolute Gasteiger partial charge is 0.464 e. The van der Waals surface area contributed by atoms with Crippen LogP contribution in [0.4, 0.5) is 0 Å². The molecule has 5 rings (SSSR count). The van der Waals surface area contributed by atoms with E-state index in [1.54, 1.807) is 12.3 Å². The lowest BCUT2D eigenvalue weighted by Crippen LogP contribution is -2.11. The van der Waals surface area contributed by atoms with Crippen molar-refractivity contribution in [2.24, 2.45) is 5.73 Å². The van der Waals surface area contributed by atoms with Crippen molar-refractivity contribution >= 4 is 27.7 Å².